The highest BCUT2D eigenvalue weighted by Crippen LogP contribution is 2.41. The highest BCUT2D eigenvalue weighted by atomic mass is 16.5. The van der Waals surface area contributed by atoms with Crippen molar-refractivity contribution in [2.75, 3.05) is 52.4 Å². The monoisotopic (exact) mass is 542 g/mol. The SMILES string of the molecule is CCCCN(CCCN)C(=O)CN1C[C@H](c2ccc3c(c2)CCO3)[C@@H](C(=O)O)[C@@H]1CCN1CCC(C)(C)C1=O. The number of carboxylic acids is 1. The van der Waals surface area contributed by atoms with E-state index in [-0.39, 0.29) is 35.7 Å². The van der Waals surface area contributed by atoms with Crippen molar-refractivity contribution in [3.8, 4) is 5.75 Å². The Morgan fingerprint density at radius 2 is 2.00 bits per heavy atom. The Hall–Kier alpha value is -2.65. The molecule has 0 bridgehead atoms. The van der Waals surface area contributed by atoms with Gasteiger partial charge in [-0.15, -0.1) is 0 Å². The van der Waals surface area contributed by atoms with E-state index in [0.717, 1.165) is 49.0 Å². The van der Waals surface area contributed by atoms with Crippen LogP contribution in [0.25, 0.3) is 0 Å². The molecule has 0 aliphatic carbocycles. The molecule has 0 aromatic heterocycles. The van der Waals surface area contributed by atoms with Crippen molar-refractivity contribution in [3.63, 3.8) is 0 Å². The molecule has 3 aliphatic rings. The van der Waals surface area contributed by atoms with E-state index in [2.05, 4.69) is 17.9 Å². The summed E-state index contributed by atoms with van der Waals surface area (Å²) in [5.41, 5.74) is 7.45. The second kappa shape index (κ2) is 12.7. The molecule has 0 unspecified atom stereocenters. The van der Waals surface area contributed by atoms with Crippen molar-refractivity contribution in [2.24, 2.45) is 17.1 Å². The van der Waals surface area contributed by atoms with Crippen LogP contribution in [-0.2, 0) is 20.8 Å². The first kappa shape index (κ1) is 29.3. The van der Waals surface area contributed by atoms with Gasteiger partial charge < -0.3 is 25.4 Å². The number of carboxylic acid groups (broad SMARTS) is 1. The summed E-state index contributed by atoms with van der Waals surface area (Å²) >= 11 is 0. The van der Waals surface area contributed by atoms with Gasteiger partial charge in [-0.25, -0.2) is 0 Å². The zero-order valence-corrected chi connectivity index (χ0v) is 23.9. The molecule has 1 aromatic rings. The Balaban J connectivity index is 1.58. The Morgan fingerprint density at radius 3 is 2.67 bits per heavy atom. The van der Waals surface area contributed by atoms with Gasteiger partial charge in [-0.3, -0.25) is 19.3 Å². The van der Waals surface area contributed by atoms with Gasteiger partial charge in [-0.1, -0.05) is 39.3 Å². The number of hydrogen-bond donors (Lipinski definition) is 2. The van der Waals surface area contributed by atoms with Crippen LogP contribution in [0.15, 0.2) is 18.2 Å². The first-order valence-corrected chi connectivity index (χ1v) is 14.7. The lowest BCUT2D eigenvalue weighted by molar-refractivity contribution is -0.144. The average molecular weight is 543 g/mol. The molecule has 3 N–H and O–H groups in total. The highest BCUT2D eigenvalue weighted by molar-refractivity contribution is 5.84. The van der Waals surface area contributed by atoms with Crippen LogP contribution in [0.2, 0.25) is 0 Å². The fraction of sp³-hybridized carbons (Fsp3) is 0.700. The van der Waals surface area contributed by atoms with E-state index in [0.29, 0.717) is 52.3 Å². The zero-order valence-electron chi connectivity index (χ0n) is 23.9. The van der Waals surface area contributed by atoms with Gasteiger partial charge in [0.15, 0.2) is 0 Å². The first-order chi connectivity index (χ1) is 18.7. The van der Waals surface area contributed by atoms with Gasteiger partial charge in [0.1, 0.15) is 5.75 Å². The molecule has 216 valence electrons. The van der Waals surface area contributed by atoms with E-state index >= 15 is 0 Å². The Labute approximate surface area is 232 Å². The van der Waals surface area contributed by atoms with Crippen molar-refractivity contribution in [2.45, 2.75) is 71.3 Å². The Bertz CT molecular complexity index is 1040. The Kier molecular flexibility index (Phi) is 9.54. The molecule has 2 amide bonds. The molecule has 3 heterocycles. The molecule has 2 saturated heterocycles. The van der Waals surface area contributed by atoms with Gasteiger partial charge in [0.25, 0.3) is 0 Å². The molecular formula is C30H46N4O5. The second-order valence-corrected chi connectivity index (χ2v) is 12.0. The van der Waals surface area contributed by atoms with Crippen molar-refractivity contribution in [1.29, 1.82) is 0 Å². The second-order valence-electron chi connectivity index (χ2n) is 12.0. The minimum Gasteiger partial charge on any atom is -0.493 e. The number of unbranched alkanes of at least 4 members (excludes halogenated alkanes) is 1. The number of likely N-dealkylation sites (tertiary alicyclic amines) is 2. The molecule has 1 aromatic carbocycles. The summed E-state index contributed by atoms with van der Waals surface area (Å²) in [6, 6.07) is 5.67. The smallest absolute Gasteiger partial charge is 0.308 e. The van der Waals surface area contributed by atoms with Gasteiger partial charge >= 0.3 is 5.97 Å². The molecule has 9 heteroatoms. The average Bonchev–Trinajstić information content (AvgIpc) is 3.58. The molecule has 0 spiro atoms. The van der Waals surface area contributed by atoms with Crippen LogP contribution in [0.4, 0.5) is 0 Å². The molecule has 4 rings (SSSR count). The third-order valence-corrected chi connectivity index (χ3v) is 8.85. The van der Waals surface area contributed by atoms with Crippen LogP contribution in [0.1, 0.15) is 69.9 Å². The fourth-order valence-electron chi connectivity index (χ4n) is 6.45. The maximum atomic E-state index is 13.5. The molecule has 3 aliphatic heterocycles. The standard InChI is InChI=1S/C30H46N4O5/c1-4-5-13-32(14-6-12-31)26(35)20-34-19-23(21-7-8-25-22(18-21)10-17-39-25)27(28(36)37)24(34)9-15-33-16-11-30(2,3)29(33)38/h7-8,18,23-24,27H,4-6,9-17,19-20,31H2,1-3H3,(H,36,37)/t23-,24+,27-/m1/s1. The molecule has 2 fully saturated rings. The van der Waals surface area contributed by atoms with E-state index in [1.165, 1.54) is 0 Å². The summed E-state index contributed by atoms with van der Waals surface area (Å²) < 4.78 is 5.68. The lowest BCUT2D eigenvalue weighted by Gasteiger charge is -2.31. The van der Waals surface area contributed by atoms with E-state index < -0.39 is 11.9 Å². The number of carbonyl (C=O) groups excluding carboxylic acids is 2. The number of rotatable bonds is 13. The first-order valence-electron chi connectivity index (χ1n) is 14.7. The van der Waals surface area contributed by atoms with Crippen LogP contribution < -0.4 is 10.5 Å². The highest BCUT2D eigenvalue weighted by Gasteiger charge is 2.48. The maximum Gasteiger partial charge on any atom is 0.308 e. The fourth-order valence-corrected chi connectivity index (χ4v) is 6.45. The largest absolute Gasteiger partial charge is 0.493 e. The molecule has 0 radical (unpaired) electrons. The summed E-state index contributed by atoms with van der Waals surface area (Å²) in [4.78, 5) is 45.1. The number of benzene rings is 1. The zero-order chi connectivity index (χ0) is 28.2. The number of nitrogens with two attached hydrogens (primary N) is 1. The minimum absolute atomic E-state index is 0.0208. The lowest BCUT2D eigenvalue weighted by atomic mass is 9.83. The summed E-state index contributed by atoms with van der Waals surface area (Å²) in [6.45, 7) is 10.4. The van der Waals surface area contributed by atoms with Gasteiger partial charge in [-0.2, -0.15) is 0 Å². The number of amides is 2. The maximum absolute atomic E-state index is 13.5. The van der Waals surface area contributed by atoms with Crippen LogP contribution >= 0.6 is 0 Å². The van der Waals surface area contributed by atoms with E-state index in [1.54, 1.807) is 0 Å². The number of hydrogen-bond acceptors (Lipinski definition) is 6. The number of ether oxygens (including phenoxy) is 1. The van der Waals surface area contributed by atoms with Crippen molar-refractivity contribution in [3.05, 3.63) is 29.3 Å². The molecule has 3 atom stereocenters. The van der Waals surface area contributed by atoms with Gasteiger partial charge in [0.2, 0.25) is 11.8 Å². The van der Waals surface area contributed by atoms with E-state index in [1.807, 2.05) is 35.8 Å². The predicted molar refractivity (Wildman–Crippen MR) is 150 cm³/mol. The summed E-state index contributed by atoms with van der Waals surface area (Å²) in [5.74, 6) is -0.753. The quantitative estimate of drug-likeness (QED) is 0.394. The normalized spacial score (nSPS) is 24.2. The van der Waals surface area contributed by atoms with E-state index in [4.69, 9.17) is 10.5 Å². The Morgan fingerprint density at radius 1 is 1.23 bits per heavy atom. The number of carbonyl (C=O) groups is 3. The van der Waals surface area contributed by atoms with Crippen molar-refractivity contribution < 1.29 is 24.2 Å². The summed E-state index contributed by atoms with van der Waals surface area (Å²) in [6.07, 6.45) is 4.79. The van der Waals surface area contributed by atoms with Gasteiger partial charge in [0, 0.05) is 56.5 Å². The number of nitrogens with zero attached hydrogens (tertiary/aromatic N) is 3. The van der Waals surface area contributed by atoms with Gasteiger partial charge in [-0.05, 0) is 49.4 Å². The van der Waals surface area contributed by atoms with Crippen LogP contribution in [0.3, 0.4) is 0 Å². The number of aliphatic carboxylic acids is 1. The topological polar surface area (TPSA) is 116 Å². The number of fused-ring (bicyclic) bond motifs is 1. The van der Waals surface area contributed by atoms with Gasteiger partial charge in [0.05, 0.1) is 19.1 Å². The molecular weight excluding hydrogens is 496 g/mol. The van der Waals surface area contributed by atoms with Crippen molar-refractivity contribution >= 4 is 17.8 Å². The summed E-state index contributed by atoms with van der Waals surface area (Å²) in [7, 11) is 0. The van der Waals surface area contributed by atoms with Crippen LogP contribution in [-0.4, -0.2) is 96.1 Å². The molecule has 0 saturated carbocycles. The third-order valence-electron chi connectivity index (χ3n) is 8.85. The van der Waals surface area contributed by atoms with E-state index in [9.17, 15) is 19.5 Å². The summed E-state index contributed by atoms with van der Waals surface area (Å²) in [5, 5.41) is 10.5. The van der Waals surface area contributed by atoms with Crippen LogP contribution in [0.5, 0.6) is 5.75 Å². The van der Waals surface area contributed by atoms with Crippen LogP contribution in [0, 0.1) is 11.3 Å². The third kappa shape index (κ3) is 6.57. The minimum atomic E-state index is -0.851. The molecule has 39 heavy (non-hydrogen) atoms. The lowest BCUT2D eigenvalue weighted by Crippen LogP contribution is -2.46. The predicted octanol–water partition coefficient (Wildman–Crippen LogP) is 2.72. The molecule has 9 nitrogen and oxygen atoms in total. The van der Waals surface area contributed by atoms with Crippen molar-refractivity contribution in [1.82, 2.24) is 14.7 Å².